The molecule has 0 aromatic rings. The third-order valence-corrected chi connectivity index (χ3v) is 10.2. The molecule has 0 heterocycles. The third kappa shape index (κ3) is 38.3. The van der Waals surface area contributed by atoms with E-state index in [1.54, 1.807) is 0 Å². The van der Waals surface area contributed by atoms with Gasteiger partial charge in [-0.15, -0.1) is 0 Å². The highest BCUT2D eigenvalue weighted by molar-refractivity contribution is 5.69. The van der Waals surface area contributed by atoms with E-state index in [1.807, 2.05) is 0 Å². The third-order valence-electron chi connectivity index (χ3n) is 10.2. The summed E-state index contributed by atoms with van der Waals surface area (Å²) in [5, 5.41) is 9.53. The van der Waals surface area contributed by atoms with Crippen molar-refractivity contribution < 1.29 is 28.6 Å². The Morgan fingerprint density at radius 2 is 0.922 bits per heavy atom. The number of carbonyl (C=O) groups is 2. The molecule has 1 unspecified atom stereocenters. The van der Waals surface area contributed by atoms with Gasteiger partial charge >= 0.3 is 11.9 Å². The molecule has 0 aromatic heterocycles. The molecule has 304 valence electrons. The Labute approximate surface area is 316 Å². The van der Waals surface area contributed by atoms with Crippen LogP contribution in [-0.2, 0) is 19.1 Å². The summed E-state index contributed by atoms with van der Waals surface area (Å²) in [6.45, 7) is 7.82. The van der Waals surface area contributed by atoms with Crippen LogP contribution < -0.4 is 0 Å². The van der Waals surface area contributed by atoms with Crippen molar-refractivity contribution in [3.05, 3.63) is 0 Å². The molecule has 0 spiro atoms. The summed E-state index contributed by atoms with van der Waals surface area (Å²) in [7, 11) is 0. The normalized spacial score (nSPS) is 12.1. The Kier molecular flexibility index (Phi) is 40.6. The molecule has 6 nitrogen and oxygen atoms in total. The van der Waals surface area contributed by atoms with Crippen LogP contribution >= 0.6 is 0 Å². The van der Waals surface area contributed by atoms with Crippen molar-refractivity contribution in [1.82, 2.24) is 4.90 Å². The first-order valence-corrected chi connectivity index (χ1v) is 22.3. The lowest BCUT2D eigenvalue weighted by Crippen LogP contribution is -2.29. The van der Waals surface area contributed by atoms with Crippen LogP contribution in [0.25, 0.3) is 0 Å². The minimum absolute atomic E-state index is 0.0261. The molecule has 0 fully saturated rings. The number of hydrogen-bond donors (Lipinski definition) is 1. The summed E-state index contributed by atoms with van der Waals surface area (Å²) < 4.78 is 23.7. The molecule has 7 heteroatoms. The Morgan fingerprint density at radius 1 is 0.510 bits per heavy atom. The van der Waals surface area contributed by atoms with Gasteiger partial charge in [0.05, 0.1) is 19.9 Å². The molecule has 0 radical (unpaired) electrons. The molecule has 0 saturated heterocycles. The number of carbonyl (C=O) groups excluding carboxylic acids is 2. The standard InChI is InChI=1S/C44H86FNO5/c1-3-5-7-9-13-23-31-41-50-43(48)34-26-18-14-21-29-37-46(39-40-47)38-30-22-15-19-27-35-44(49)51-42(32-24-16-10-8-6-4-2)33-25-17-11-12-20-28-36-45/h42,47H,3-41H2,1-2H3. The van der Waals surface area contributed by atoms with E-state index in [4.69, 9.17) is 9.47 Å². The van der Waals surface area contributed by atoms with Gasteiger partial charge < -0.3 is 19.5 Å². The van der Waals surface area contributed by atoms with Crippen molar-refractivity contribution in [2.75, 3.05) is 39.5 Å². The van der Waals surface area contributed by atoms with E-state index in [2.05, 4.69) is 18.7 Å². The second-order valence-corrected chi connectivity index (χ2v) is 15.2. The maximum absolute atomic E-state index is 12.7. The van der Waals surface area contributed by atoms with Crippen LogP contribution in [0.15, 0.2) is 0 Å². The van der Waals surface area contributed by atoms with E-state index < -0.39 is 0 Å². The zero-order valence-corrected chi connectivity index (χ0v) is 34.1. The first-order valence-electron chi connectivity index (χ1n) is 22.3. The molecule has 0 aromatic carbocycles. The molecule has 1 atom stereocenters. The second kappa shape index (κ2) is 41.5. The van der Waals surface area contributed by atoms with Crippen LogP contribution in [-0.4, -0.2) is 67.6 Å². The molecule has 0 aliphatic carbocycles. The number of aliphatic hydroxyl groups excluding tert-OH is 1. The molecule has 0 amide bonds. The summed E-state index contributed by atoms with van der Waals surface area (Å²) in [5.74, 6) is -0.0647. The minimum atomic E-state index is -0.205. The molecule has 51 heavy (non-hydrogen) atoms. The second-order valence-electron chi connectivity index (χ2n) is 15.2. The monoisotopic (exact) mass is 728 g/mol. The summed E-state index contributed by atoms with van der Waals surface area (Å²) in [5.41, 5.74) is 0. The number of hydrogen-bond acceptors (Lipinski definition) is 6. The zero-order chi connectivity index (χ0) is 37.3. The average molecular weight is 728 g/mol. The van der Waals surface area contributed by atoms with Crippen molar-refractivity contribution in [3.63, 3.8) is 0 Å². The van der Waals surface area contributed by atoms with E-state index in [9.17, 15) is 19.1 Å². The van der Waals surface area contributed by atoms with Crippen molar-refractivity contribution in [3.8, 4) is 0 Å². The van der Waals surface area contributed by atoms with Crippen LogP contribution in [0.4, 0.5) is 4.39 Å². The molecule has 1 N–H and O–H groups in total. The summed E-state index contributed by atoms with van der Waals surface area (Å²) in [6.07, 6.45) is 36.2. The molecular weight excluding hydrogens is 641 g/mol. The summed E-state index contributed by atoms with van der Waals surface area (Å²) >= 11 is 0. The number of aliphatic hydroxyl groups is 1. The van der Waals surface area contributed by atoms with Gasteiger partial charge in [0.15, 0.2) is 0 Å². The van der Waals surface area contributed by atoms with E-state index >= 15 is 0 Å². The lowest BCUT2D eigenvalue weighted by Gasteiger charge is -2.21. The molecule has 0 rings (SSSR count). The van der Waals surface area contributed by atoms with E-state index in [1.165, 1.54) is 64.2 Å². The van der Waals surface area contributed by atoms with Crippen molar-refractivity contribution in [1.29, 1.82) is 0 Å². The van der Waals surface area contributed by atoms with Crippen LogP contribution in [0.5, 0.6) is 0 Å². The molecule has 0 aliphatic heterocycles. The highest BCUT2D eigenvalue weighted by atomic mass is 19.1. The largest absolute Gasteiger partial charge is 0.466 e. The lowest BCUT2D eigenvalue weighted by molar-refractivity contribution is -0.150. The maximum Gasteiger partial charge on any atom is 0.306 e. The Bertz CT molecular complexity index is 724. The number of esters is 2. The topological polar surface area (TPSA) is 76.1 Å². The van der Waals surface area contributed by atoms with Crippen LogP contribution in [0, 0.1) is 0 Å². The average Bonchev–Trinajstić information content (AvgIpc) is 3.12. The Morgan fingerprint density at radius 3 is 1.41 bits per heavy atom. The molecular formula is C44H86FNO5. The zero-order valence-electron chi connectivity index (χ0n) is 34.1. The van der Waals surface area contributed by atoms with Gasteiger partial charge in [0.25, 0.3) is 0 Å². The Balaban J connectivity index is 3.96. The first-order chi connectivity index (χ1) is 25.1. The van der Waals surface area contributed by atoms with Gasteiger partial charge in [-0.3, -0.25) is 14.0 Å². The van der Waals surface area contributed by atoms with Gasteiger partial charge in [0.2, 0.25) is 0 Å². The summed E-state index contributed by atoms with van der Waals surface area (Å²) in [4.78, 5) is 27.0. The van der Waals surface area contributed by atoms with E-state index in [0.29, 0.717) is 25.9 Å². The number of nitrogens with zero attached hydrogens (tertiary/aromatic N) is 1. The fourth-order valence-electron chi connectivity index (χ4n) is 6.90. The summed E-state index contributed by atoms with van der Waals surface area (Å²) in [6, 6.07) is 0. The minimum Gasteiger partial charge on any atom is -0.466 e. The SMILES string of the molecule is CCCCCCCCCOC(=O)CCCCCCCN(CCO)CCCCCCCC(=O)OC(CCCCCCCC)CCCCCCCCF. The number of unbranched alkanes of at least 4 members (excludes halogenated alkanes) is 24. The first kappa shape index (κ1) is 49.8. The number of ether oxygens (including phenoxy) is 2. The van der Waals surface area contributed by atoms with Crippen molar-refractivity contribution in [2.45, 2.75) is 232 Å². The predicted octanol–water partition coefficient (Wildman–Crippen LogP) is 12.6. The van der Waals surface area contributed by atoms with Crippen LogP contribution in [0.1, 0.15) is 226 Å². The lowest BCUT2D eigenvalue weighted by atomic mass is 10.0. The Hall–Kier alpha value is -1.21. The van der Waals surface area contributed by atoms with Gasteiger partial charge in [-0.2, -0.15) is 0 Å². The predicted molar refractivity (Wildman–Crippen MR) is 214 cm³/mol. The molecule has 0 bridgehead atoms. The van der Waals surface area contributed by atoms with Crippen molar-refractivity contribution >= 4 is 11.9 Å². The number of alkyl halides is 1. The highest BCUT2D eigenvalue weighted by Crippen LogP contribution is 2.18. The van der Waals surface area contributed by atoms with E-state index in [-0.39, 0.29) is 31.3 Å². The van der Waals surface area contributed by atoms with Gasteiger partial charge in [-0.25, -0.2) is 0 Å². The fourth-order valence-corrected chi connectivity index (χ4v) is 6.90. The molecule has 0 aliphatic rings. The van der Waals surface area contributed by atoms with Crippen molar-refractivity contribution in [2.24, 2.45) is 0 Å². The number of rotatable bonds is 42. The fraction of sp³-hybridized carbons (Fsp3) is 0.955. The van der Waals surface area contributed by atoms with Gasteiger partial charge in [0, 0.05) is 19.4 Å². The van der Waals surface area contributed by atoms with Gasteiger partial charge in [0.1, 0.15) is 6.10 Å². The smallest absolute Gasteiger partial charge is 0.306 e. The van der Waals surface area contributed by atoms with Crippen LogP contribution in [0.2, 0.25) is 0 Å². The number of halogens is 1. The highest BCUT2D eigenvalue weighted by Gasteiger charge is 2.14. The van der Waals surface area contributed by atoms with Gasteiger partial charge in [-0.05, 0) is 77.3 Å². The molecule has 0 saturated carbocycles. The van der Waals surface area contributed by atoms with Gasteiger partial charge in [-0.1, -0.05) is 149 Å². The van der Waals surface area contributed by atoms with Crippen LogP contribution in [0.3, 0.4) is 0 Å². The van der Waals surface area contributed by atoms with E-state index in [0.717, 1.165) is 148 Å². The maximum atomic E-state index is 12.7. The quantitative estimate of drug-likeness (QED) is 0.0498.